The van der Waals surface area contributed by atoms with E-state index in [4.69, 9.17) is 14.2 Å². The van der Waals surface area contributed by atoms with Crippen molar-refractivity contribution >= 4 is 23.1 Å². The minimum Gasteiger partial charge on any atom is -0.507 e. The number of rotatable bonds is 8. The average molecular weight is 488 g/mol. The number of Topliss-reactive ketones (excluding diaryl/α,β-unsaturated/α-hetero) is 1. The number of ketones is 1. The number of aliphatic hydroxyl groups excluding tert-OH is 1. The Morgan fingerprint density at radius 2 is 1.58 bits per heavy atom. The van der Waals surface area contributed by atoms with Crippen LogP contribution in [-0.4, -0.2) is 37.6 Å². The fourth-order valence-corrected chi connectivity index (χ4v) is 4.31. The molecule has 0 aliphatic carbocycles. The number of hydrogen-bond donors (Lipinski definition) is 1. The monoisotopic (exact) mass is 487 g/mol. The highest BCUT2D eigenvalue weighted by Gasteiger charge is 2.47. The standard InChI is InChI=1S/C29H29NO6/c1-5-15-36-21-11-9-19(10-12-21)26-25(27(31)24-14-13-23(35-4)16-18(24)2)28(32)29(33)30(26)20-7-6-8-22(17-20)34-3/h6-14,16-17,26,31H,5,15H2,1-4H3/b27-25-. The zero-order chi connectivity index (χ0) is 25.8. The van der Waals surface area contributed by atoms with E-state index in [0.717, 1.165) is 6.42 Å². The fourth-order valence-electron chi connectivity index (χ4n) is 4.31. The number of carbonyl (C=O) groups excluding carboxylic acids is 2. The molecule has 1 N–H and O–H groups in total. The van der Waals surface area contributed by atoms with E-state index in [-0.39, 0.29) is 11.3 Å². The van der Waals surface area contributed by atoms with Gasteiger partial charge < -0.3 is 19.3 Å². The van der Waals surface area contributed by atoms with Crippen LogP contribution in [0.3, 0.4) is 0 Å². The Morgan fingerprint density at radius 1 is 0.917 bits per heavy atom. The molecule has 4 rings (SSSR count). The average Bonchev–Trinajstić information content (AvgIpc) is 3.17. The van der Waals surface area contributed by atoms with Crippen LogP contribution in [0.4, 0.5) is 5.69 Å². The number of carbonyl (C=O) groups is 2. The Balaban J connectivity index is 1.89. The molecule has 0 aromatic heterocycles. The number of hydrogen-bond acceptors (Lipinski definition) is 6. The summed E-state index contributed by atoms with van der Waals surface area (Å²) in [6, 6.07) is 18.5. The first kappa shape index (κ1) is 24.9. The second kappa shape index (κ2) is 10.6. The number of amides is 1. The third-order valence-electron chi connectivity index (χ3n) is 6.13. The lowest BCUT2D eigenvalue weighted by molar-refractivity contribution is -0.132. The predicted molar refractivity (Wildman–Crippen MR) is 138 cm³/mol. The van der Waals surface area contributed by atoms with Gasteiger partial charge in [-0.3, -0.25) is 14.5 Å². The molecular weight excluding hydrogens is 458 g/mol. The molecule has 36 heavy (non-hydrogen) atoms. The van der Waals surface area contributed by atoms with Crippen molar-refractivity contribution in [2.24, 2.45) is 0 Å². The highest BCUT2D eigenvalue weighted by atomic mass is 16.5. The number of benzene rings is 3. The molecular formula is C29H29NO6. The van der Waals surface area contributed by atoms with Crippen LogP contribution in [0.25, 0.3) is 5.76 Å². The smallest absolute Gasteiger partial charge is 0.300 e. The van der Waals surface area contributed by atoms with Crippen LogP contribution in [0.2, 0.25) is 0 Å². The number of anilines is 1. The van der Waals surface area contributed by atoms with Crippen LogP contribution in [0.5, 0.6) is 17.2 Å². The van der Waals surface area contributed by atoms with E-state index in [2.05, 4.69) is 0 Å². The van der Waals surface area contributed by atoms with Crippen molar-refractivity contribution in [3.05, 3.63) is 89.0 Å². The highest BCUT2D eigenvalue weighted by Crippen LogP contribution is 2.43. The van der Waals surface area contributed by atoms with Gasteiger partial charge in [-0.25, -0.2) is 0 Å². The lowest BCUT2D eigenvalue weighted by Gasteiger charge is -2.26. The molecule has 3 aromatic rings. The van der Waals surface area contributed by atoms with Crippen LogP contribution in [0.15, 0.2) is 72.3 Å². The molecule has 3 aromatic carbocycles. The van der Waals surface area contributed by atoms with Crippen molar-refractivity contribution in [2.45, 2.75) is 26.3 Å². The molecule has 1 amide bonds. The zero-order valence-corrected chi connectivity index (χ0v) is 20.8. The number of methoxy groups -OCH3 is 2. The Bertz CT molecular complexity index is 1310. The van der Waals surface area contributed by atoms with E-state index in [1.165, 1.54) is 12.0 Å². The minimum atomic E-state index is -0.848. The van der Waals surface area contributed by atoms with Crippen molar-refractivity contribution in [1.29, 1.82) is 0 Å². The summed E-state index contributed by atoms with van der Waals surface area (Å²) in [4.78, 5) is 28.2. The maximum absolute atomic E-state index is 13.4. The van der Waals surface area contributed by atoms with Gasteiger partial charge in [0.2, 0.25) is 0 Å². The largest absolute Gasteiger partial charge is 0.507 e. The van der Waals surface area contributed by atoms with Gasteiger partial charge in [-0.15, -0.1) is 0 Å². The van der Waals surface area contributed by atoms with Crippen LogP contribution in [-0.2, 0) is 9.59 Å². The molecule has 1 unspecified atom stereocenters. The van der Waals surface area contributed by atoms with E-state index >= 15 is 0 Å². The molecule has 1 aliphatic rings. The maximum Gasteiger partial charge on any atom is 0.300 e. The van der Waals surface area contributed by atoms with Gasteiger partial charge in [-0.05, 0) is 66.9 Å². The summed E-state index contributed by atoms with van der Waals surface area (Å²) in [5, 5.41) is 11.4. The normalized spacial score (nSPS) is 16.8. The Hall–Kier alpha value is -4.26. The molecule has 186 valence electrons. The summed E-state index contributed by atoms with van der Waals surface area (Å²) in [5.41, 5.74) is 2.32. The van der Waals surface area contributed by atoms with E-state index in [9.17, 15) is 14.7 Å². The topological polar surface area (TPSA) is 85.3 Å². The first-order valence-corrected chi connectivity index (χ1v) is 11.7. The first-order valence-electron chi connectivity index (χ1n) is 11.7. The molecule has 1 aliphatic heterocycles. The third-order valence-corrected chi connectivity index (χ3v) is 6.13. The highest BCUT2D eigenvalue weighted by molar-refractivity contribution is 6.51. The van der Waals surface area contributed by atoms with Crippen LogP contribution in [0, 0.1) is 6.92 Å². The van der Waals surface area contributed by atoms with Gasteiger partial charge >= 0.3 is 0 Å². The number of nitrogens with zero attached hydrogens (tertiary/aromatic N) is 1. The van der Waals surface area contributed by atoms with Crippen molar-refractivity contribution in [3.8, 4) is 17.2 Å². The van der Waals surface area contributed by atoms with E-state index < -0.39 is 17.7 Å². The first-order chi connectivity index (χ1) is 17.4. The molecule has 0 spiro atoms. The summed E-state index contributed by atoms with van der Waals surface area (Å²) < 4.78 is 16.3. The molecule has 1 atom stereocenters. The second-order valence-electron chi connectivity index (χ2n) is 8.47. The third kappa shape index (κ3) is 4.64. The van der Waals surface area contributed by atoms with E-state index in [1.807, 2.05) is 26.0 Å². The van der Waals surface area contributed by atoms with Crippen LogP contribution in [0.1, 0.15) is 36.1 Å². The lowest BCUT2D eigenvalue weighted by atomic mass is 9.93. The van der Waals surface area contributed by atoms with Crippen molar-refractivity contribution in [3.63, 3.8) is 0 Å². The number of ether oxygens (including phenoxy) is 3. The Labute approximate surface area is 210 Å². The van der Waals surface area contributed by atoms with Gasteiger partial charge in [-0.1, -0.05) is 25.1 Å². The summed E-state index contributed by atoms with van der Waals surface area (Å²) in [6.45, 7) is 4.42. The minimum absolute atomic E-state index is 0.0123. The molecule has 7 nitrogen and oxygen atoms in total. The molecule has 1 fully saturated rings. The second-order valence-corrected chi connectivity index (χ2v) is 8.47. The number of aryl methyl sites for hydroxylation is 1. The van der Waals surface area contributed by atoms with Gasteiger partial charge in [0.25, 0.3) is 11.7 Å². The van der Waals surface area contributed by atoms with Gasteiger partial charge in [0, 0.05) is 17.3 Å². The Kier molecular flexibility index (Phi) is 7.29. The zero-order valence-electron chi connectivity index (χ0n) is 20.8. The Morgan fingerprint density at radius 3 is 2.22 bits per heavy atom. The van der Waals surface area contributed by atoms with Crippen molar-refractivity contribution in [2.75, 3.05) is 25.7 Å². The molecule has 7 heteroatoms. The maximum atomic E-state index is 13.4. The molecule has 0 radical (unpaired) electrons. The van der Waals surface area contributed by atoms with Gasteiger partial charge in [0.05, 0.1) is 32.4 Å². The summed E-state index contributed by atoms with van der Waals surface area (Å²) in [7, 11) is 3.09. The SMILES string of the molecule is CCCOc1ccc(C2/C(=C(/O)c3ccc(OC)cc3C)C(=O)C(=O)N2c2cccc(OC)c2)cc1. The van der Waals surface area contributed by atoms with Crippen molar-refractivity contribution < 1.29 is 28.9 Å². The molecule has 1 heterocycles. The molecule has 0 bridgehead atoms. The summed E-state index contributed by atoms with van der Waals surface area (Å²) >= 11 is 0. The quantitative estimate of drug-likeness (QED) is 0.259. The molecule has 1 saturated heterocycles. The fraction of sp³-hybridized carbons (Fsp3) is 0.241. The lowest BCUT2D eigenvalue weighted by Crippen LogP contribution is -2.29. The van der Waals surface area contributed by atoms with Crippen molar-refractivity contribution in [1.82, 2.24) is 0 Å². The summed E-state index contributed by atoms with van der Waals surface area (Å²) in [5.74, 6) is 0.122. The van der Waals surface area contributed by atoms with E-state index in [0.29, 0.717) is 46.2 Å². The molecule has 0 saturated carbocycles. The van der Waals surface area contributed by atoms with Gasteiger partial charge in [-0.2, -0.15) is 0 Å². The predicted octanol–water partition coefficient (Wildman–Crippen LogP) is 5.43. The van der Waals surface area contributed by atoms with Crippen LogP contribution < -0.4 is 19.1 Å². The van der Waals surface area contributed by atoms with Gasteiger partial charge in [0.15, 0.2) is 0 Å². The van der Waals surface area contributed by atoms with E-state index in [1.54, 1.807) is 61.7 Å². The van der Waals surface area contributed by atoms with Gasteiger partial charge in [0.1, 0.15) is 23.0 Å². The van der Waals surface area contributed by atoms with Crippen LogP contribution >= 0.6 is 0 Å². The number of aliphatic hydroxyl groups is 1. The summed E-state index contributed by atoms with van der Waals surface area (Å²) in [6.07, 6.45) is 0.874.